The van der Waals surface area contributed by atoms with Crippen LogP contribution in [0.4, 0.5) is 11.4 Å². The van der Waals surface area contributed by atoms with Crippen molar-refractivity contribution in [3.63, 3.8) is 0 Å². The maximum absolute atomic E-state index is 11.7. The molecule has 1 aromatic carbocycles. The average molecular weight is 533 g/mol. The minimum atomic E-state index is -3.37. The lowest BCUT2D eigenvalue weighted by atomic mass is 9.96. The molecule has 4 heterocycles. The lowest BCUT2D eigenvalue weighted by Gasteiger charge is -2.28. The summed E-state index contributed by atoms with van der Waals surface area (Å²) in [7, 11) is -3.37. The Hall–Kier alpha value is -3.76. The topological polar surface area (TPSA) is 92.2 Å². The summed E-state index contributed by atoms with van der Waals surface area (Å²) in [5, 5.41) is 4.07. The first-order valence-electron chi connectivity index (χ1n) is 11.9. The second kappa shape index (κ2) is 9.95. The smallest absolute Gasteiger partial charge is 0.229 e. The fraction of sp³-hybridized carbons (Fsp3) is 0.222. The highest BCUT2D eigenvalue weighted by molar-refractivity contribution is 7.92. The van der Waals surface area contributed by atoms with E-state index in [1.54, 1.807) is 24.5 Å². The molecule has 0 aliphatic carbocycles. The van der Waals surface area contributed by atoms with Gasteiger partial charge in [0.05, 0.1) is 24.0 Å². The molecule has 1 saturated heterocycles. The maximum atomic E-state index is 11.7. The zero-order valence-corrected chi connectivity index (χ0v) is 22.4. The van der Waals surface area contributed by atoms with Crippen LogP contribution in [0.2, 0.25) is 0 Å². The molecule has 1 fully saturated rings. The van der Waals surface area contributed by atoms with Crippen molar-refractivity contribution in [1.82, 2.24) is 19.9 Å². The van der Waals surface area contributed by atoms with E-state index in [4.69, 9.17) is 12.2 Å². The fourth-order valence-electron chi connectivity index (χ4n) is 4.90. The first kappa shape index (κ1) is 24.9. The Morgan fingerprint density at radius 2 is 1.84 bits per heavy atom. The SMILES string of the molecule is Cc1cc([C@H]2[C@@H](c3ccccn3)NC(=S)N2c2ccc(NS(C)(=O)=O)cc2)c(C)n1Cc1cccnc1. The lowest BCUT2D eigenvalue weighted by molar-refractivity contribution is 0.563. The van der Waals surface area contributed by atoms with Crippen LogP contribution >= 0.6 is 12.2 Å². The molecule has 3 aromatic heterocycles. The molecule has 0 spiro atoms. The van der Waals surface area contributed by atoms with Gasteiger partial charge in [-0.2, -0.15) is 0 Å². The molecule has 2 N–H and O–H groups in total. The number of anilines is 2. The van der Waals surface area contributed by atoms with Crippen LogP contribution in [0.5, 0.6) is 0 Å². The molecule has 0 amide bonds. The minimum Gasteiger partial charge on any atom is -0.351 e. The van der Waals surface area contributed by atoms with Crippen LogP contribution in [0.15, 0.2) is 79.3 Å². The van der Waals surface area contributed by atoms with Gasteiger partial charge >= 0.3 is 0 Å². The molecule has 2 atom stereocenters. The summed E-state index contributed by atoms with van der Waals surface area (Å²) in [6.07, 6.45) is 6.59. The van der Waals surface area contributed by atoms with Gasteiger partial charge in [-0.1, -0.05) is 12.1 Å². The Bertz CT molecular complexity index is 1520. The Kier molecular flexibility index (Phi) is 6.70. The summed E-state index contributed by atoms with van der Waals surface area (Å²) >= 11 is 5.85. The predicted octanol–water partition coefficient (Wildman–Crippen LogP) is 4.49. The second-order valence-corrected chi connectivity index (χ2v) is 11.3. The normalized spacial score (nSPS) is 17.6. The maximum Gasteiger partial charge on any atom is 0.229 e. The van der Waals surface area contributed by atoms with Gasteiger partial charge in [0.2, 0.25) is 10.0 Å². The molecule has 0 radical (unpaired) electrons. The van der Waals surface area contributed by atoms with Crippen LogP contribution < -0.4 is 14.9 Å². The summed E-state index contributed by atoms with van der Waals surface area (Å²) in [4.78, 5) is 11.0. The van der Waals surface area contributed by atoms with Gasteiger partial charge in [-0.15, -0.1) is 0 Å². The number of rotatable bonds is 7. The average Bonchev–Trinajstić information content (AvgIpc) is 3.36. The quantitative estimate of drug-likeness (QED) is 0.339. The van der Waals surface area contributed by atoms with Gasteiger partial charge in [-0.3, -0.25) is 14.7 Å². The van der Waals surface area contributed by atoms with Gasteiger partial charge in [0, 0.05) is 47.9 Å². The van der Waals surface area contributed by atoms with Gasteiger partial charge in [0.1, 0.15) is 0 Å². The monoisotopic (exact) mass is 532 g/mol. The highest BCUT2D eigenvalue weighted by Crippen LogP contribution is 2.43. The summed E-state index contributed by atoms with van der Waals surface area (Å²) in [6, 6.07) is 19.0. The highest BCUT2D eigenvalue weighted by Gasteiger charge is 2.42. The van der Waals surface area contributed by atoms with Crippen molar-refractivity contribution in [1.29, 1.82) is 0 Å². The largest absolute Gasteiger partial charge is 0.351 e. The van der Waals surface area contributed by atoms with E-state index in [0.29, 0.717) is 10.8 Å². The Labute approximate surface area is 222 Å². The number of aromatic nitrogens is 3. The van der Waals surface area contributed by atoms with Gasteiger partial charge in [-0.25, -0.2) is 8.42 Å². The lowest BCUT2D eigenvalue weighted by Crippen LogP contribution is -2.29. The number of sulfonamides is 1. The first-order valence-corrected chi connectivity index (χ1v) is 14.2. The minimum absolute atomic E-state index is 0.162. The van der Waals surface area contributed by atoms with Crippen molar-refractivity contribution in [3.05, 3.63) is 107 Å². The molecule has 10 heteroatoms. The van der Waals surface area contributed by atoms with Crippen LogP contribution in [-0.2, 0) is 16.6 Å². The fourth-order valence-corrected chi connectivity index (χ4v) is 5.81. The highest BCUT2D eigenvalue weighted by atomic mass is 32.2. The van der Waals surface area contributed by atoms with E-state index in [9.17, 15) is 8.42 Å². The van der Waals surface area contributed by atoms with Crippen molar-refractivity contribution in [2.45, 2.75) is 32.5 Å². The van der Waals surface area contributed by atoms with E-state index in [1.165, 1.54) is 0 Å². The molecular weight excluding hydrogens is 504 g/mol. The molecule has 4 aromatic rings. The van der Waals surface area contributed by atoms with E-state index in [2.05, 4.69) is 55.5 Å². The van der Waals surface area contributed by atoms with Crippen LogP contribution in [0.1, 0.15) is 40.3 Å². The van der Waals surface area contributed by atoms with Crippen LogP contribution in [0.25, 0.3) is 0 Å². The van der Waals surface area contributed by atoms with Crippen molar-refractivity contribution in [2.75, 3.05) is 15.9 Å². The molecule has 8 nitrogen and oxygen atoms in total. The third-order valence-electron chi connectivity index (χ3n) is 6.54. The standard InChI is InChI=1S/C27H28N6O2S2/c1-18-15-23(19(2)32(18)17-20-7-6-13-28-16-20)26-25(24-8-4-5-14-29-24)30-27(36)33(26)22-11-9-21(10-12-22)31-37(3,34)35/h4-16,25-26,31H,17H2,1-3H3,(H,30,36)/t25-,26+/m1/s1. The van der Waals surface area contributed by atoms with Gasteiger partial charge in [0.15, 0.2) is 5.11 Å². The third kappa shape index (κ3) is 5.21. The number of benzene rings is 1. The number of hydrogen-bond acceptors (Lipinski definition) is 5. The van der Waals surface area contributed by atoms with E-state index in [0.717, 1.165) is 46.7 Å². The zero-order valence-electron chi connectivity index (χ0n) is 20.8. The van der Waals surface area contributed by atoms with Crippen LogP contribution in [0, 0.1) is 13.8 Å². The number of nitrogens with one attached hydrogen (secondary N) is 2. The number of nitrogens with zero attached hydrogens (tertiary/aromatic N) is 4. The first-order chi connectivity index (χ1) is 17.7. The summed E-state index contributed by atoms with van der Waals surface area (Å²) in [5.74, 6) is 0. The van der Waals surface area contributed by atoms with Gasteiger partial charge in [-0.05, 0) is 85.7 Å². The summed E-state index contributed by atoms with van der Waals surface area (Å²) in [5.41, 5.74) is 6.80. The number of thiocarbonyl (C=S) groups is 1. The van der Waals surface area contributed by atoms with E-state index >= 15 is 0 Å². The molecule has 5 rings (SSSR count). The molecule has 190 valence electrons. The second-order valence-electron chi connectivity index (χ2n) is 9.19. The molecule has 1 aliphatic rings. The Morgan fingerprint density at radius 1 is 1.05 bits per heavy atom. The van der Waals surface area contributed by atoms with Crippen LogP contribution in [-0.4, -0.2) is 34.3 Å². The van der Waals surface area contributed by atoms with E-state index in [1.807, 2.05) is 42.6 Å². The third-order valence-corrected chi connectivity index (χ3v) is 7.46. The van der Waals surface area contributed by atoms with Crippen molar-refractivity contribution in [3.8, 4) is 0 Å². The molecular formula is C27H28N6O2S2. The van der Waals surface area contributed by atoms with Gasteiger partial charge in [0.25, 0.3) is 0 Å². The number of pyridine rings is 2. The number of aryl methyl sites for hydroxylation is 1. The molecule has 0 unspecified atom stereocenters. The molecule has 0 bridgehead atoms. The van der Waals surface area contributed by atoms with E-state index < -0.39 is 10.0 Å². The summed E-state index contributed by atoms with van der Waals surface area (Å²) < 4.78 is 28.1. The summed E-state index contributed by atoms with van der Waals surface area (Å²) in [6.45, 7) is 4.96. The molecule has 1 aliphatic heterocycles. The van der Waals surface area contributed by atoms with Gasteiger partial charge < -0.3 is 14.8 Å². The predicted molar refractivity (Wildman–Crippen MR) is 150 cm³/mol. The van der Waals surface area contributed by atoms with E-state index in [-0.39, 0.29) is 12.1 Å². The van der Waals surface area contributed by atoms with Crippen molar-refractivity contribution in [2.24, 2.45) is 0 Å². The molecule has 0 saturated carbocycles. The van der Waals surface area contributed by atoms with Crippen LogP contribution in [0.3, 0.4) is 0 Å². The van der Waals surface area contributed by atoms with Crippen molar-refractivity contribution < 1.29 is 8.42 Å². The Balaban J connectivity index is 1.58. The zero-order chi connectivity index (χ0) is 26.2. The Morgan fingerprint density at radius 3 is 2.49 bits per heavy atom. The molecule has 37 heavy (non-hydrogen) atoms. The van der Waals surface area contributed by atoms with Crippen molar-refractivity contribution >= 4 is 38.7 Å². The number of hydrogen-bond donors (Lipinski definition) is 2.